The summed E-state index contributed by atoms with van der Waals surface area (Å²) in [6.45, 7) is 1.90. The van der Waals surface area contributed by atoms with Gasteiger partial charge in [0.2, 0.25) is 0 Å². The predicted octanol–water partition coefficient (Wildman–Crippen LogP) is 2.16. The van der Waals surface area contributed by atoms with Crippen LogP contribution in [0.3, 0.4) is 0 Å². The van der Waals surface area contributed by atoms with E-state index >= 15 is 0 Å². The summed E-state index contributed by atoms with van der Waals surface area (Å²) in [7, 11) is -1.66. The molecule has 0 spiro atoms. The van der Waals surface area contributed by atoms with Gasteiger partial charge in [0.05, 0.1) is 10.6 Å². The van der Waals surface area contributed by atoms with E-state index in [0.29, 0.717) is 16.3 Å². The first kappa shape index (κ1) is 16.1. The second-order valence-electron chi connectivity index (χ2n) is 5.64. The molecule has 1 unspecified atom stereocenters. The van der Waals surface area contributed by atoms with Crippen LogP contribution in [0.4, 0.5) is 5.69 Å². The third kappa shape index (κ3) is 2.79. The molecule has 9 heteroatoms. The Morgan fingerprint density at radius 1 is 1.36 bits per heavy atom. The molecule has 0 saturated carbocycles. The Morgan fingerprint density at radius 2 is 2.20 bits per heavy atom. The summed E-state index contributed by atoms with van der Waals surface area (Å²) in [5.41, 5.74) is 1.22. The number of aromatic nitrogens is 2. The molecule has 2 aliphatic heterocycles. The summed E-state index contributed by atoms with van der Waals surface area (Å²) in [6, 6.07) is 5.43. The summed E-state index contributed by atoms with van der Waals surface area (Å²) in [4.78, 5) is 13.6. The number of aryl methyl sites for hydroxylation is 1. The highest BCUT2D eigenvalue weighted by atomic mass is 32.2. The fourth-order valence-corrected chi connectivity index (χ4v) is 4.65. The lowest BCUT2D eigenvalue weighted by molar-refractivity contribution is 0.466. The van der Waals surface area contributed by atoms with Crippen molar-refractivity contribution in [1.29, 1.82) is 0 Å². The predicted molar refractivity (Wildman–Crippen MR) is 99.3 cm³/mol. The molecule has 1 aromatic carbocycles. The number of benzene rings is 1. The van der Waals surface area contributed by atoms with Gasteiger partial charge in [0, 0.05) is 10.7 Å². The van der Waals surface area contributed by atoms with Gasteiger partial charge in [-0.2, -0.15) is 9.50 Å². The molecule has 0 aliphatic carbocycles. The average Bonchev–Trinajstić information content (AvgIpc) is 3.10. The van der Waals surface area contributed by atoms with Crippen LogP contribution in [0.15, 0.2) is 38.4 Å². The zero-order chi connectivity index (χ0) is 17.6. The highest BCUT2D eigenvalue weighted by molar-refractivity contribution is 8.08. The Labute approximate surface area is 149 Å². The van der Waals surface area contributed by atoms with Crippen LogP contribution in [0.2, 0.25) is 0 Å². The van der Waals surface area contributed by atoms with Crippen molar-refractivity contribution >= 4 is 39.2 Å². The molecule has 2 aliphatic rings. The number of allylic oxidation sites excluding steroid dienone is 1. The largest absolute Gasteiger partial charge is 0.505 e. The first-order valence-corrected chi connectivity index (χ1v) is 9.67. The van der Waals surface area contributed by atoms with Crippen molar-refractivity contribution in [2.45, 2.75) is 18.2 Å². The van der Waals surface area contributed by atoms with Gasteiger partial charge in [0.1, 0.15) is 11.3 Å². The van der Waals surface area contributed by atoms with Crippen molar-refractivity contribution in [2.24, 2.45) is 4.40 Å². The number of hydrogen-bond donors (Lipinski definition) is 3. The van der Waals surface area contributed by atoms with Crippen LogP contribution in [-0.2, 0) is 11.0 Å². The first-order valence-electron chi connectivity index (χ1n) is 7.58. The van der Waals surface area contributed by atoms with Crippen LogP contribution in [0, 0.1) is 6.92 Å². The lowest BCUT2D eigenvalue weighted by atomic mass is 10.1. The second kappa shape index (κ2) is 6.16. The van der Waals surface area contributed by atoms with Crippen LogP contribution in [-0.4, -0.2) is 31.1 Å². The third-order valence-corrected chi connectivity index (χ3v) is 6.06. The maximum absolute atomic E-state index is 12.4. The summed E-state index contributed by atoms with van der Waals surface area (Å²) in [5, 5.41) is 19.9. The van der Waals surface area contributed by atoms with Gasteiger partial charge in [0.25, 0.3) is 5.56 Å². The van der Waals surface area contributed by atoms with E-state index in [-0.39, 0.29) is 17.1 Å². The SMILES string of the molecule is Cc1ccc2c(c1)S(=O)N=C(c1c(O)c(C3=CCCS3)n[nH]c1=O)N2. The molecule has 1 atom stereocenters. The molecule has 0 bridgehead atoms. The molecule has 0 fully saturated rings. The summed E-state index contributed by atoms with van der Waals surface area (Å²) < 4.78 is 16.5. The highest BCUT2D eigenvalue weighted by Crippen LogP contribution is 2.37. The number of amidine groups is 1. The molecule has 3 N–H and O–H groups in total. The Kier molecular flexibility index (Phi) is 3.97. The quantitative estimate of drug-likeness (QED) is 0.743. The summed E-state index contributed by atoms with van der Waals surface area (Å²) in [5.74, 6) is 0.713. The molecular weight excluding hydrogens is 360 g/mol. The molecule has 1 aromatic heterocycles. The van der Waals surface area contributed by atoms with Crippen LogP contribution in [0.5, 0.6) is 5.75 Å². The van der Waals surface area contributed by atoms with Gasteiger partial charge < -0.3 is 10.4 Å². The Bertz CT molecular complexity index is 1030. The summed E-state index contributed by atoms with van der Waals surface area (Å²) >= 11 is 1.56. The van der Waals surface area contributed by atoms with Gasteiger partial charge >= 0.3 is 0 Å². The smallest absolute Gasteiger partial charge is 0.279 e. The molecule has 0 radical (unpaired) electrons. The second-order valence-corrected chi connectivity index (χ2v) is 7.90. The number of aromatic hydroxyl groups is 1. The molecule has 128 valence electrons. The van der Waals surface area contributed by atoms with E-state index in [1.54, 1.807) is 23.9 Å². The van der Waals surface area contributed by atoms with Gasteiger partial charge in [-0.05, 0) is 31.0 Å². The fraction of sp³-hybridized carbons (Fsp3) is 0.188. The van der Waals surface area contributed by atoms with E-state index in [9.17, 15) is 14.1 Å². The van der Waals surface area contributed by atoms with E-state index < -0.39 is 16.5 Å². The van der Waals surface area contributed by atoms with E-state index in [4.69, 9.17) is 0 Å². The number of nitrogens with one attached hydrogen (secondary N) is 2. The zero-order valence-corrected chi connectivity index (χ0v) is 14.8. The minimum atomic E-state index is -1.66. The van der Waals surface area contributed by atoms with Crippen LogP contribution >= 0.6 is 11.8 Å². The number of anilines is 1. The van der Waals surface area contributed by atoms with Gasteiger partial charge in [-0.25, -0.2) is 9.31 Å². The van der Waals surface area contributed by atoms with Crippen molar-refractivity contribution in [3.05, 3.63) is 51.4 Å². The minimum absolute atomic E-state index is 0.0574. The number of aromatic amines is 1. The Morgan fingerprint density at radius 3 is 2.96 bits per heavy atom. The highest BCUT2D eigenvalue weighted by Gasteiger charge is 2.26. The average molecular weight is 374 g/mol. The molecule has 0 saturated heterocycles. The monoisotopic (exact) mass is 374 g/mol. The van der Waals surface area contributed by atoms with E-state index in [2.05, 4.69) is 19.9 Å². The van der Waals surface area contributed by atoms with Crippen LogP contribution in [0.1, 0.15) is 23.2 Å². The lowest BCUT2D eigenvalue weighted by Gasteiger charge is -2.18. The number of thioether (sulfide) groups is 1. The van der Waals surface area contributed by atoms with Gasteiger partial charge in [-0.3, -0.25) is 4.79 Å². The van der Waals surface area contributed by atoms with Crippen molar-refractivity contribution in [3.8, 4) is 5.75 Å². The van der Waals surface area contributed by atoms with Crippen molar-refractivity contribution in [2.75, 3.05) is 11.1 Å². The van der Waals surface area contributed by atoms with Crippen molar-refractivity contribution in [3.63, 3.8) is 0 Å². The topological polar surface area (TPSA) is 107 Å². The molecule has 0 amide bonds. The van der Waals surface area contributed by atoms with Gasteiger partial charge in [-0.15, -0.1) is 11.8 Å². The van der Waals surface area contributed by atoms with E-state index in [1.165, 1.54) is 0 Å². The molecule has 7 nitrogen and oxygen atoms in total. The Hall–Kier alpha value is -2.39. The summed E-state index contributed by atoms with van der Waals surface area (Å²) in [6.07, 6.45) is 2.84. The van der Waals surface area contributed by atoms with Gasteiger partial charge in [0.15, 0.2) is 22.6 Å². The fourth-order valence-electron chi connectivity index (χ4n) is 2.68. The number of nitrogens with zero attached hydrogens (tertiary/aromatic N) is 2. The third-order valence-electron chi connectivity index (χ3n) is 3.89. The van der Waals surface area contributed by atoms with Crippen molar-refractivity contribution < 1.29 is 9.32 Å². The van der Waals surface area contributed by atoms with Crippen molar-refractivity contribution in [1.82, 2.24) is 10.2 Å². The molecular formula is C16H14N4O3S2. The van der Waals surface area contributed by atoms with E-state index in [1.807, 2.05) is 19.1 Å². The molecule has 2 aromatic rings. The maximum atomic E-state index is 12.4. The molecule has 3 heterocycles. The number of fused-ring (bicyclic) bond motifs is 1. The lowest BCUT2D eigenvalue weighted by Crippen LogP contribution is -2.28. The minimum Gasteiger partial charge on any atom is -0.505 e. The van der Waals surface area contributed by atoms with Crippen LogP contribution < -0.4 is 10.9 Å². The van der Waals surface area contributed by atoms with Gasteiger partial charge in [-0.1, -0.05) is 12.1 Å². The number of hydrogen-bond acceptors (Lipinski definition) is 6. The van der Waals surface area contributed by atoms with E-state index in [0.717, 1.165) is 22.6 Å². The zero-order valence-electron chi connectivity index (χ0n) is 13.2. The number of H-pyrrole nitrogens is 1. The Balaban J connectivity index is 1.83. The first-order chi connectivity index (χ1) is 12.0. The molecule has 25 heavy (non-hydrogen) atoms. The number of rotatable bonds is 2. The standard InChI is InChI=1S/C16H14N4O3S2/c1-8-4-5-9-11(7-8)25(23)20-15(17-9)12-14(21)13(18-19-16(12)22)10-3-2-6-24-10/h3-5,7H,2,6H2,1H3,(H,17,20)(H2,19,21,22). The van der Waals surface area contributed by atoms with Crippen LogP contribution in [0.25, 0.3) is 4.91 Å². The maximum Gasteiger partial charge on any atom is 0.279 e. The molecule has 4 rings (SSSR count). The normalized spacial score (nSPS) is 19.0.